The molecule has 0 radical (unpaired) electrons. The Bertz CT molecular complexity index is 1310. The third-order valence-electron chi connectivity index (χ3n) is 6.36. The van der Waals surface area contributed by atoms with Crippen molar-refractivity contribution in [3.63, 3.8) is 0 Å². The molecule has 8 nitrogen and oxygen atoms in total. The predicted octanol–water partition coefficient (Wildman–Crippen LogP) is 3.63. The Hall–Kier alpha value is -3.88. The number of carboxylic acids is 1. The summed E-state index contributed by atoms with van der Waals surface area (Å²) in [6.45, 7) is 1.75. The number of amides is 1. The lowest BCUT2D eigenvalue weighted by Crippen LogP contribution is -2.49. The van der Waals surface area contributed by atoms with Crippen LogP contribution in [0.5, 0.6) is 0 Å². The fourth-order valence-corrected chi connectivity index (χ4v) is 4.35. The van der Waals surface area contributed by atoms with Crippen LogP contribution in [-0.2, 0) is 11.3 Å². The van der Waals surface area contributed by atoms with Gasteiger partial charge in [0, 0.05) is 43.8 Å². The number of nitrogens with zero attached hydrogens (tertiary/aromatic N) is 3. The lowest BCUT2D eigenvalue weighted by atomic mass is 10.1. The van der Waals surface area contributed by atoms with Crippen LogP contribution in [0, 0.1) is 5.82 Å². The summed E-state index contributed by atoms with van der Waals surface area (Å²) in [5.41, 5.74) is 0.728. The lowest BCUT2D eigenvalue weighted by molar-refractivity contribution is 0.0694. The molecular weight excluding hydrogens is 441 g/mol. The maximum atomic E-state index is 15.1. The molecule has 34 heavy (non-hydrogen) atoms. The number of pyridine rings is 1. The number of fused-ring (bicyclic) bond motifs is 1. The van der Waals surface area contributed by atoms with Crippen LogP contribution in [0.1, 0.15) is 34.8 Å². The minimum atomic E-state index is -1.32. The zero-order chi connectivity index (χ0) is 23.8. The van der Waals surface area contributed by atoms with Crippen LogP contribution in [0.2, 0.25) is 0 Å². The minimum Gasteiger partial charge on any atom is -0.477 e. The Kier molecular flexibility index (Phi) is 5.69. The Labute approximate surface area is 194 Å². The molecule has 1 aliphatic carbocycles. The molecule has 176 valence electrons. The summed E-state index contributed by atoms with van der Waals surface area (Å²) >= 11 is 0. The number of hydrogen-bond donors (Lipinski definition) is 1. The van der Waals surface area contributed by atoms with Gasteiger partial charge in [0.15, 0.2) is 0 Å². The highest BCUT2D eigenvalue weighted by Gasteiger charge is 2.29. The number of hydrogen-bond acceptors (Lipinski definition) is 5. The van der Waals surface area contributed by atoms with Gasteiger partial charge in [-0.1, -0.05) is 30.3 Å². The largest absolute Gasteiger partial charge is 0.477 e. The van der Waals surface area contributed by atoms with Crippen molar-refractivity contribution in [2.45, 2.75) is 25.5 Å². The molecule has 1 saturated carbocycles. The van der Waals surface area contributed by atoms with E-state index in [0.29, 0.717) is 37.4 Å². The Morgan fingerprint density at radius 1 is 1.06 bits per heavy atom. The van der Waals surface area contributed by atoms with Crippen molar-refractivity contribution in [2.24, 2.45) is 0 Å². The number of aromatic carboxylic acids is 1. The van der Waals surface area contributed by atoms with Crippen molar-refractivity contribution in [1.82, 2.24) is 9.47 Å². The van der Waals surface area contributed by atoms with Crippen molar-refractivity contribution in [1.29, 1.82) is 0 Å². The topological polar surface area (TPSA) is 92.1 Å². The smallest absolute Gasteiger partial charge is 0.410 e. The van der Waals surface area contributed by atoms with E-state index >= 15 is 4.39 Å². The van der Waals surface area contributed by atoms with E-state index in [9.17, 15) is 19.5 Å². The normalized spacial score (nSPS) is 16.0. The van der Waals surface area contributed by atoms with Crippen LogP contribution in [0.4, 0.5) is 14.9 Å². The first-order valence-corrected chi connectivity index (χ1v) is 11.2. The molecular formula is C25H24FN3O5. The number of aromatic nitrogens is 1. The van der Waals surface area contributed by atoms with Crippen LogP contribution in [-0.4, -0.2) is 52.8 Å². The van der Waals surface area contributed by atoms with Crippen LogP contribution in [0.15, 0.2) is 53.5 Å². The molecule has 2 heterocycles. The van der Waals surface area contributed by atoms with Gasteiger partial charge in [-0.25, -0.2) is 14.0 Å². The second kappa shape index (κ2) is 8.81. The molecule has 0 atom stereocenters. The van der Waals surface area contributed by atoms with Gasteiger partial charge in [0.05, 0.1) is 11.2 Å². The van der Waals surface area contributed by atoms with Crippen LogP contribution < -0.4 is 10.3 Å². The van der Waals surface area contributed by atoms with Crippen molar-refractivity contribution in [3.8, 4) is 0 Å². The van der Waals surface area contributed by atoms with Gasteiger partial charge >= 0.3 is 12.1 Å². The minimum absolute atomic E-state index is 0.0659. The third kappa shape index (κ3) is 4.21. The fraction of sp³-hybridized carbons (Fsp3) is 0.320. The number of rotatable bonds is 5. The summed E-state index contributed by atoms with van der Waals surface area (Å²) in [4.78, 5) is 40.0. The molecule has 1 N–H and O–H groups in total. The van der Waals surface area contributed by atoms with Crippen molar-refractivity contribution >= 4 is 28.7 Å². The number of ether oxygens (including phenoxy) is 1. The number of benzene rings is 2. The number of carbonyl (C=O) groups is 2. The zero-order valence-electron chi connectivity index (χ0n) is 18.4. The second-order valence-corrected chi connectivity index (χ2v) is 8.65. The standard InChI is InChI=1S/C25H24FN3O5/c26-20-12-18-21(29(17-6-7-17)14-19(23(18)30)24(31)32)13-22(20)27-8-10-28(11-9-27)25(33)34-15-16-4-2-1-3-5-16/h1-5,12-14,17H,6-11,15H2,(H,31,32). The summed E-state index contributed by atoms with van der Waals surface area (Å²) in [6.07, 6.45) is 2.72. The van der Waals surface area contributed by atoms with Gasteiger partial charge in [-0.15, -0.1) is 0 Å². The molecule has 2 fully saturated rings. The number of carboxylic acid groups (broad SMARTS) is 1. The average Bonchev–Trinajstić information content (AvgIpc) is 3.69. The maximum Gasteiger partial charge on any atom is 0.410 e. The fourth-order valence-electron chi connectivity index (χ4n) is 4.35. The number of carbonyl (C=O) groups excluding carboxylic acids is 1. The molecule has 2 aromatic carbocycles. The van der Waals surface area contributed by atoms with Gasteiger partial charge in [-0.05, 0) is 30.5 Å². The van der Waals surface area contributed by atoms with Crippen LogP contribution in [0.3, 0.4) is 0 Å². The molecule has 1 saturated heterocycles. The van der Waals surface area contributed by atoms with Gasteiger partial charge in [-0.3, -0.25) is 4.79 Å². The Balaban J connectivity index is 1.34. The van der Waals surface area contributed by atoms with E-state index in [0.717, 1.165) is 24.5 Å². The molecule has 1 aromatic heterocycles. The van der Waals surface area contributed by atoms with Crippen molar-refractivity contribution in [3.05, 3.63) is 75.8 Å². The van der Waals surface area contributed by atoms with Crippen LogP contribution >= 0.6 is 0 Å². The van der Waals surface area contributed by atoms with E-state index in [1.807, 2.05) is 35.2 Å². The zero-order valence-corrected chi connectivity index (χ0v) is 18.4. The molecule has 9 heteroatoms. The van der Waals surface area contributed by atoms with Gasteiger partial charge in [-0.2, -0.15) is 0 Å². The van der Waals surface area contributed by atoms with E-state index < -0.39 is 23.3 Å². The second-order valence-electron chi connectivity index (χ2n) is 8.65. The molecule has 0 unspecified atom stereocenters. The summed E-state index contributed by atoms with van der Waals surface area (Å²) in [7, 11) is 0. The van der Waals surface area contributed by atoms with Crippen molar-refractivity contribution < 1.29 is 23.8 Å². The van der Waals surface area contributed by atoms with Gasteiger partial charge in [0.2, 0.25) is 5.43 Å². The molecule has 5 rings (SSSR count). The van der Waals surface area contributed by atoms with Gasteiger partial charge in [0.25, 0.3) is 0 Å². The van der Waals surface area contributed by atoms with E-state index in [2.05, 4.69) is 0 Å². The molecule has 0 spiro atoms. The highest BCUT2D eigenvalue weighted by molar-refractivity contribution is 5.93. The molecule has 3 aromatic rings. The number of anilines is 1. The lowest BCUT2D eigenvalue weighted by Gasteiger charge is -2.35. The first-order chi connectivity index (χ1) is 16.4. The Morgan fingerprint density at radius 2 is 1.76 bits per heavy atom. The number of halogens is 1. The first kappa shape index (κ1) is 21.9. The predicted molar refractivity (Wildman–Crippen MR) is 124 cm³/mol. The highest BCUT2D eigenvalue weighted by atomic mass is 19.1. The monoisotopic (exact) mass is 465 g/mol. The third-order valence-corrected chi connectivity index (χ3v) is 6.36. The molecule has 1 amide bonds. The maximum absolute atomic E-state index is 15.1. The van der Waals surface area contributed by atoms with E-state index in [1.54, 1.807) is 15.5 Å². The molecule has 0 bridgehead atoms. The highest BCUT2D eigenvalue weighted by Crippen LogP contribution is 2.38. The van der Waals surface area contributed by atoms with Gasteiger partial charge < -0.3 is 24.2 Å². The van der Waals surface area contributed by atoms with Crippen molar-refractivity contribution in [2.75, 3.05) is 31.1 Å². The number of piperazine rings is 1. The first-order valence-electron chi connectivity index (χ1n) is 11.2. The van der Waals surface area contributed by atoms with E-state index in [1.165, 1.54) is 6.20 Å². The average molecular weight is 465 g/mol. The summed E-state index contributed by atoms with van der Waals surface area (Å²) in [5.74, 6) is -1.91. The SMILES string of the molecule is O=C(O)c1cn(C2CC2)c2cc(N3CCN(C(=O)OCc4ccccc4)CC3)c(F)cc2c1=O. The summed E-state index contributed by atoms with van der Waals surface area (Å²) in [5, 5.41) is 9.46. The van der Waals surface area contributed by atoms with Crippen LogP contribution in [0.25, 0.3) is 10.9 Å². The quantitative estimate of drug-likeness (QED) is 0.619. The van der Waals surface area contributed by atoms with Gasteiger partial charge in [0.1, 0.15) is 18.0 Å². The Morgan fingerprint density at radius 3 is 2.41 bits per heavy atom. The van der Waals surface area contributed by atoms with E-state index in [4.69, 9.17) is 4.74 Å². The molecule has 2 aliphatic rings. The van der Waals surface area contributed by atoms with E-state index in [-0.39, 0.29) is 23.6 Å². The summed E-state index contributed by atoms with van der Waals surface area (Å²) in [6, 6.07) is 12.3. The molecule has 1 aliphatic heterocycles. The summed E-state index contributed by atoms with van der Waals surface area (Å²) < 4.78 is 22.3.